The van der Waals surface area contributed by atoms with Crippen LogP contribution in [0.5, 0.6) is 0 Å². The van der Waals surface area contributed by atoms with Crippen LogP contribution in [-0.4, -0.2) is 178 Å². The van der Waals surface area contributed by atoms with Crippen molar-refractivity contribution in [1.29, 1.82) is 0 Å². The van der Waals surface area contributed by atoms with Gasteiger partial charge in [0, 0.05) is 74.2 Å². The lowest BCUT2D eigenvalue weighted by Crippen LogP contribution is -2.44. The van der Waals surface area contributed by atoms with Gasteiger partial charge in [-0.1, -0.05) is 0 Å². The Labute approximate surface area is 460 Å². The van der Waals surface area contributed by atoms with Gasteiger partial charge in [-0.25, -0.2) is 9.03 Å². The third-order valence-corrected chi connectivity index (χ3v) is 15.6. The minimum atomic E-state index is -0.0968. The zero-order chi connectivity index (χ0) is 54.4. The summed E-state index contributed by atoms with van der Waals surface area (Å²) < 4.78 is 14.5. The topological polar surface area (TPSA) is 199 Å². The average molecular weight is 1120 g/mol. The number of nitrogens with one attached hydrogen (secondary N) is 3. The number of carbonyl (C=O) groups excluding carboxylic acids is 4. The molecular weight excluding hydrogens is 1040 g/mol. The number of benzene rings is 2. The van der Waals surface area contributed by atoms with Crippen molar-refractivity contribution in [3.8, 4) is 0 Å². The first-order valence-electron chi connectivity index (χ1n) is 27.1. The van der Waals surface area contributed by atoms with E-state index in [-0.39, 0.29) is 41.6 Å². The zero-order valence-electron chi connectivity index (χ0n) is 45.4. The van der Waals surface area contributed by atoms with E-state index in [0.717, 1.165) is 137 Å². The lowest BCUT2D eigenvalue weighted by molar-refractivity contribution is -0.149. The molecule has 3 N–H and O–H groups in total. The highest BCUT2D eigenvalue weighted by Gasteiger charge is 2.29. The molecule has 412 valence electrons. The number of rotatable bonds is 13. The second-order valence-electron chi connectivity index (χ2n) is 20.3. The van der Waals surface area contributed by atoms with E-state index in [1.807, 2.05) is 123 Å². The van der Waals surface area contributed by atoms with Crippen LogP contribution in [0.2, 0.25) is 0 Å². The smallest absolute Gasteiger partial charge is 0.309 e. The number of likely N-dealkylation sites (tertiary alicyclic amines) is 2. The van der Waals surface area contributed by atoms with Crippen molar-refractivity contribution in [2.45, 2.75) is 77.3 Å². The second kappa shape index (κ2) is 27.1. The molecule has 21 heteroatoms. The number of nitrogens with zero attached hydrogens (tertiary/aromatic N) is 11. The Morgan fingerprint density at radius 1 is 0.597 bits per heavy atom. The third kappa shape index (κ3) is 14.9. The van der Waals surface area contributed by atoms with Gasteiger partial charge in [-0.15, -0.1) is 10.2 Å². The summed E-state index contributed by atoms with van der Waals surface area (Å²) in [6, 6.07) is 23.4. The van der Waals surface area contributed by atoms with Gasteiger partial charge >= 0.3 is 11.9 Å². The molecule has 10 rings (SSSR count). The Morgan fingerprint density at radius 3 is 1.48 bits per heavy atom. The van der Waals surface area contributed by atoms with E-state index in [0.29, 0.717) is 42.3 Å². The first kappa shape index (κ1) is 56.5. The number of fused-ring (bicyclic) bond motifs is 2. The highest BCUT2D eigenvalue weighted by Crippen LogP contribution is 2.29. The van der Waals surface area contributed by atoms with E-state index in [4.69, 9.17) is 14.5 Å². The number of hydrogen-bond acceptors (Lipinski definition) is 16. The summed E-state index contributed by atoms with van der Waals surface area (Å²) in [6.45, 7) is 12.1. The fourth-order valence-electron chi connectivity index (χ4n) is 10.2. The van der Waals surface area contributed by atoms with E-state index in [1.54, 1.807) is 9.03 Å². The van der Waals surface area contributed by atoms with Crippen molar-refractivity contribution < 1.29 is 28.7 Å². The van der Waals surface area contributed by atoms with Gasteiger partial charge in [0.25, 0.3) is 11.8 Å². The number of amides is 2. The van der Waals surface area contributed by atoms with Crippen LogP contribution in [-0.2, 0) is 19.1 Å². The third-order valence-electron chi connectivity index (χ3n) is 15.0. The molecule has 4 aliphatic heterocycles. The summed E-state index contributed by atoms with van der Waals surface area (Å²) in [6.07, 6.45) is 11.2. The van der Waals surface area contributed by atoms with Gasteiger partial charge in [0.15, 0.2) is 11.3 Å². The summed E-state index contributed by atoms with van der Waals surface area (Å²) in [4.78, 5) is 68.9. The van der Waals surface area contributed by atoms with Crippen LogP contribution in [0.4, 0.5) is 29.0 Å². The molecule has 4 aliphatic rings. The molecule has 0 aliphatic carbocycles. The number of esters is 2. The van der Waals surface area contributed by atoms with Gasteiger partial charge in [-0.05, 0) is 207 Å². The summed E-state index contributed by atoms with van der Waals surface area (Å²) in [7, 11) is 8.06. The van der Waals surface area contributed by atoms with Crippen LogP contribution in [0.25, 0.3) is 11.3 Å². The summed E-state index contributed by atoms with van der Waals surface area (Å²) in [5.41, 5.74) is 5.52. The van der Waals surface area contributed by atoms with Crippen molar-refractivity contribution in [3.05, 3.63) is 101 Å². The number of carbonyl (C=O) groups is 4. The normalized spacial score (nSPS) is 17.2. The Kier molecular flexibility index (Phi) is 19.9. The summed E-state index contributed by atoms with van der Waals surface area (Å²) in [5.74, 6) is 1.10. The van der Waals surface area contributed by atoms with Crippen molar-refractivity contribution in [3.63, 3.8) is 0 Å². The maximum absolute atomic E-state index is 13.0. The van der Waals surface area contributed by atoms with Crippen LogP contribution in [0.3, 0.4) is 0 Å². The number of aromatic nitrogens is 6. The first-order chi connectivity index (χ1) is 37.3. The Morgan fingerprint density at radius 2 is 1.03 bits per heavy atom. The molecule has 4 saturated heterocycles. The summed E-state index contributed by atoms with van der Waals surface area (Å²) >= 11 is 3.47. The number of ether oxygens (including phenoxy) is 2. The number of halogens is 1. The van der Waals surface area contributed by atoms with Crippen molar-refractivity contribution in [2.75, 3.05) is 109 Å². The number of hydrogen-bond donors (Lipinski definition) is 3. The van der Waals surface area contributed by atoms with Gasteiger partial charge < -0.3 is 49.9 Å². The van der Waals surface area contributed by atoms with Crippen molar-refractivity contribution in [2.24, 2.45) is 11.8 Å². The van der Waals surface area contributed by atoms with Gasteiger partial charge in [0.2, 0.25) is 11.9 Å². The molecule has 2 aromatic carbocycles. The molecule has 4 aromatic heterocycles. The molecule has 6 aromatic rings. The molecule has 4 fully saturated rings. The minimum Gasteiger partial charge on any atom is -0.466 e. The van der Waals surface area contributed by atoms with E-state index in [9.17, 15) is 19.2 Å². The second-order valence-corrected chi connectivity index (χ2v) is 21.1. The van der Waals surface area contributed by atoms with Crippen molar-refractivity contribution in [1.82, 2.24) is 54.1 Å². The molecule has 20 nitrogen and oxygen atoms in total. The predicted octanol–water partition coefficient (Wildman–Crippen LogP) is 7.37. The average Bonchev–Trinajstić information content (AvgIpc) is 4.09. The number of piperidine rings is 4. The molecule has 2 amide bonds. The molecule has 8 heterocycles. The lowest BCUT2D eigenvalue weighted by Gasteiger charge is -2.35. The zero-order valence-corrected chi connectivity index (χ0v) is 47.0. The quantitative estimate of drug-likeness (QED) is 0.0968. The number of pyridine rings is 2. The Bertz CT molecular complexity index is 2890. The van der Waals surface area contributed by atoms with Crippen LogP contribution in [0.15, 0.2) is 89.7 Å². The van der Waals surface area contributed by atoms with Gasteiger partial charge in [-0.3, -0.25) is 19.2 Å². The fourth-order valence-corrected chi connectivity index (χ4v) is 10.6. The standard InChI is InChI=1S/C28H37N7O3.C20H23BrN6O.C8H15NO2/c1-4-38-27(37)21-11-18-34(19-12-21)24-6-5-15-35-25(24)30-28(31-35)29-22-9-7-20(8-10-22)26(36)33(3)23-13-16-32(2)17-14-23;1-25-12-9-16(10-13-25)26(2)19(28)14-5-7-15(8-6-14)22-20-23-18-17(21)4-3-11-27(18)24-20;1-2-11-8(10)7-3-5-9-6-4-7/h5-10,15,21,23H,4,11-14,16-19H2,1-3H3,(H,29,31);3-8,11,16H,9-10,12-13H2,1-2H3,(H,22,24);7,9H,2-6H2,1H3. The maximum atomic E-state index is 13.0. The van der Waals surface area contributed by atoms with Gasteiger partial charge in [0.05, 0.1) is 35.2 Å². The van der Waals surface area contributed by atoms with Gasteiger partial charge in [-0.2, -0.15) is 9.97 Å². The molecule has 0 radical (unpaired) electrons. The van der Waals surface area contributed by atoms with E-state index in [1.165, 1.54) is 0 Å². The Balaban J connectivity index is 0.000000175. The van der Waals surface area contributed by atoms with E-state index in [2.05, 4.69) is 75.9 Å². The van der Waals surface area contributed by atoms with Gasteiger partial charge in [0.1, 0.15) is 0 Å². The minimum absolute atomic E-state index is 0.0194. The fraction of sp³-hybridized carbons (Fsp3) is 0.500. The highest BCUT2D eigenvalue weighted by molar-refractivity contribution is 9.10. The molecular formula is C56H75BrN14O6. The summed E-state index contributed by atoms with van der Waals surface area (Å²) in [5, 5.41) is 18.7. The van der Waals surface area contributed by atoms with E-state index < -0.39 is 0 Å². The highest BCUT2D eigenvalue weighted by atomic mass is 79.9. The van der Waals surface area contributed by atoms with Crippen LogP contribution in [0.1, 0.15) is 85.9 Å². The SMILES string of the molecule is CCOC(=O)C1CCN(c2cccn3nc(Nc4ccc(C(=O)N(C)C5CCN(C)CC5)cc4)nc23)CC1.CCOC(=O)C1CCNCC1.CN1CCC(N(C)C(=O)c2ccc(Nc3nc4c(Br)cccn4n3)cc2)CC1. The lowest BCUT2D eigenvalue weighted by atomic mass is 9.97. The monoisotopic (exact) mass is 1120 g/mol. The number of anilines is 5. The van der Waals surface area contributed by atoms with Crippen LogP contribution in [0, 0.1) is 11.8 Å². The molecule has 0 saturated carbocycles. The first-order valence-corrected chi connectivity index (χ1v) is 27.9. The largest absolute Gasteiger partial charge is 0.466 e. The predicted molar refractivity (Wildman–Crippen MR) is 302 cm³/mol. The molecule has 0 bridgehead atoms. The molecule has 0 spiro atoms. The maximum Gasteiger partial charge on any atom is 0.309 e. The molecule has 0 unspecified atom stereocenters. The molecule has 77 heavy (non-hydrogen) atoms. The molecule has 0 atom stereocenters. The van der Waals surface area contributed by atoms with E-state index >= 15 is 0 Å². The van der Waals surface area contributed by atoms with Crippen molar-refractivity contribution >= 4 is 79.9 Å². The Hall–Kier alpha value is -6.68. The van der Waals surface area contributed by atoms with Crippen LogP contribution >= 0.6 is 15.9 Å². The van der Waals surface area contributed by atoms with Crippen LogP contribution < -0.4 is 20.9 Å².